The summed E-state index contributed by atoms with van der Waals surface area (Å²) in [6.45, 7) is 1.92. The highest BCUT2D eigenvalue weighted by Gasteiger charge is 2.17. The molecular weight excluding hydrogens is 257 g/mol. The van der Waals surface area contributed by atoms with Gasteiger partial charge in [0, 0.05) is 19.1 Å². The van der Waals surface area contributed by atoms with E-state index in [2.05, 4.69) is 11.0 Å². The molecule has 1 saturated heterocycles. The van der Waals surface area contributed by atoms with Gasteiger partial charge in [0.05, 0.1) is 11.3 Å². The van der Waals surface area contributed by atoms with Crippen LogP contribution in [-0.2, 0) is 0 Å². The fourth-order valence-corrected chi connectivity index (χ4v) is 1.98. The normalized spacial score (nSPS) is 15.4. The summed E-state index contributed by atoms with van der Waals surface area (Å²) in [4.78, 5) is 2.25. The molecule has 0 spiro atoms. The topological polar surface area (TPSA) is 53.0 Å². The SMILES string of the molecule is Cl.Cl.N#Cc1ccccc1N1CCC(N)CC1. The third-order valence-electron chi connectivity index (χ3n) is 2.90. The Morgan fingerprint density at radius 3 is 2.35 bits per heavy atom. The number of nitriles is 1. The molecule has 0 atom stereocenters. The van der Waals surface area contributed by atoms with Crippen molar-refractivity contribution in [3.63, 3.8) is 0 Å². The van der Waals surface area contributed by atoms with Gasteiger partial charge in [-0.3, -0.25) is 0 Å². The molecule has 1 heterocycles. The van der Waals surface area contributed by atoms with Crippen LogP contribution in [-0.4, -0.2) is 19.1 Å². The van der Waals surface area contributed by atoms with Crippen LogP contribution in [0.5, 0.6) is 0 Å². The average Bonchev–Trinajstić information content (AvgIpc) is 2.30. The average molecular weight is 274 g/mol. The Morgan fingerprint density at radius 2 is 1.76 bits per heavy atom. The van der Waals surface area contributed by atoms with Crippen molar-refractivity contribution in [3.05, 3.63) is 29.8 Å². The van der Waals surface area contributed by atoms with Gasteiger partial charge in [-0.25, -0.2) is 0 Å². The maximum atomic E-state index is 9.00. The number of anilines is 1. The first-order valence-corrected chi connectivity index (χ1v) is 5.31. The summed E-state index contributed by atoms with van der Waals surface area (Å²) in [6, 6.07) is 10.3. The maximum Gasteiger partial charge on any atom is 0.101 e. The Balaban J connectivity index is 0.00000128. The molecule has 0 unspecified atom stereocenters. The minimum absolute atomic E-state index is 0. The number of nitrogens with two attached hydrogens (primary N) is 1. The van der Waals surface area contributed by atoms with E-state index in [1.807, 2.05) is 24.3 Å². The fourth-order valence-electron chi connectivity index (χ4n) is 1.98. The zero-order chi connectivity index (χ0) is 10.7. The van der Waals surface area contributed by atoms with Crippen LogP contribution in [0.4, 0.5) is 5.69 Å². The molecule has 0 saturated carbocycles. The van der Waals surface area contributed by atoms with Crippen molar-refractivity contribution in [2.45, 2.75) is 18.9 Å². The first-order chi connectivity index (χ1) is 7.31. The van der Waals surface area contributed by atoms with Gasteiger partial charge in [-0.05, 0) is 25.0 Å². The van der Waals surface area contributed by atoms with Gasteiger partial charge in [-0.2, -0.15) is 5.26 Å². The third kappa shape index (κ3) is 3.78. The smallest absolute Gasteiger partial charge is 0.101 e. The molecule has 0 aromatic heterocycles. The van der Waals surface area contributed by atoms with E-state index in [1.54, 1.807) is 0 Å². The van der Waals surface area contributed by atoms with E-state index in [1.165, 1.54) is 0 Å². The first kappa shape index (κ1) is 16.1. The molecule has 17 heavy (non-hydrogen) atoms. The van der Waals surface area contributed by atoms with Gasteiger partial charge < -0.3 is 10.6 Å². The summed E-state index contributed by atoms with van der Waals surface area (Å²) in [5.41, 5.74) is 7.66. The van der Waals surface area contributed by atoms with Crippen molar-refractivity contribution >= 4 is 30.5 Å². The van der Waals surface area contributed by atoms with Crippen LogP contribution < -0.4 is 10.6 Å². The summed E-state index contributed by atoms with van der Waals surface area (Å²) in [5.74, 6) is 0. The van der Waals surface area contributed by atoms with Crippen molar-refractivity contribution < 1.29 is 0 Å². The molecule has 1 fully saturated rings. The molecule has 0 amide bonds. The molecule has 1 aromatic carbocycles. The summed E-state index contributed by atoms with van der Waals surface area (Å²) >= 11 is 0. The van der Waals surface area contributed by atoms with Crippen LogP contribution >= 0.6 is 24.8 Å². The standard InChI is InChI=1S/C12H15N3.2ClH/c13-9-10-3-1-2-4-12(10)15-7-5-11(14)6-8-15;;/h1-4,11H,5-8,14H2;2*1H. The van der Waals surface area contributed by atoms with E-state index in [0.29, 0.717) is 6.04 Å². The fraction of sp³-hybridized carbons (Fsp3) is 0.417. The van der Waals surface area contributed by atoms with E-state index in [0.717, 1.165) is 37.2 Å². The molecule has 3 nitrogen and oxygen atoms in total. The summed E-state index contributed by atoms with van der Waals surface area (Å²) in [7, 11) is 0. The Hall–Kier alpha value is -0.950. The Kier molecular flexibility index (Phi) is 6.98. The highest BCUT2D eigenvalue weighted by atomic mass is 35.5. The molecule has 94 valence electrons. The Labute approximate surface area is 114 Å². The van der Waals surface area contributed by atoms with Gasteiger partial charge in [0.2, 0.25) is 0 Å². The van der Waals surface area contributed by atoms with Crippen molar-refractivity contribution in [2.24, 2.45) is 5.73 Å². The predicted molar refractivity (Wildman–Crippen MR) is 75.1 cm³/mol. The van der Waals surface area contributed by atoms with Gasteiger partial charge in [0.15, 0.2) is 0 Å². The lowest BCUT2D eigenvalue weighted by molar-refractivity contribution is 0.501. The van der Waals surface area contributed by atoms with Crippen LogP contribution in [0.2, 0.25) is 0 Å². The van der Waals surface area contributed by atoms with Crippen molar-refractivity contribution in [1.29, 1.82) is 5.26 Å². The van der Waals surface area contributed by atoms with Gasteiger partial charge in [0.25, 0.3) is 0 Å². The number of nitrogens with zero attached hydrogens (tertiary/aromatic N) is 2. The van der Waals surface area contributed by atoms with Gasteiger partial charge in [-0.1, -0.05) is 12.1 Å². The molecule has 1 aliphatic rings. The Morgan fingerprint density at radius 1 is 1.18 bits per heavy atom. The van der Waals surface area contributed by atoms with Crippen LogP contribution in [0.25, 0.3) is 0 Å². The lowest BCUT2D eigenvalue weighted by atomic mass is 10.0. The van der Waals surface area contributed by atoms with Gasteiger partial charge >= 0.3 is 0 Å². The second-order valence-electron chi connectivity index (χ2n) is 3.95. The third-order valence-corrected chi connectivity index (χ3v) is 2.90. The summed E-state index contributed by atoms with van der Waals surface area (Å²) in [6.07, 6.45) is 2.03. The van der Waals surface area contributed by atoms with Crippen molar-refractivity contribution in [1.82, 2.24) is 0 Å². The molecule has 1 aromatic rings. The minimum atomic E-state index is 0. The molecular formula is C12H17Cl2N3. The highest BCUT2D eigenvalue weighted by molar-refractivity contribution is 5.85. The van der Waals surface area contributed by atoms with Crippen LogP contribution in [0.1, 0.15) is 18.4 Å². The van der Waals surface area contributed by atoms with E-state index in [9.17, 15) is 0 Å². The second-order valence-corrected chi connectivity index (χ2v) is 3.95. The van der Waals surface area contributed by atoms with Crippen molar-refractivity contribution in [3.8, 4) is 6.07 Å². The van der Waals surface area contributed by atoms with Crippen molar-refractivity contribution in [2.75, 3.05) is 18.0 Å². The van der Waals surface area contributed by atoms with Gasteiger partial charge in [0.1, 0.15) is 6.07 Å². The molecule has 0 bridgehead atoms. The van der Waals surface area contributed by atoms with E-state index in [4.69, 9.17) is 11.0 Å². The van der Waals surface area contributed by atoms with Crippen LogP contribution in [0.15, 0.2) is 24.3 Å². The Bertz CT molecular complexity index is 382. The molecule has 0 aliphatic carbocycles. The van der Waals surface area contributed by atoms with Gasteiger partial charge in [-0.15, -0.1) is 24.8 Å². The lowest BCUT2D eigenvalue weighted by Gasteiger charge is -2.32. The highest BCUT2D eigenvalue weighted by Crippen LogP contribution is 2.22. The second kappa shape index (κ2) is 7.39. The number of halogens is 2. The number of hydrogen-bond donors (Lipinski definition) is 1. The summed E-state index contributed by atoms with van der Waals surface area (Å²) < 4.78 is 0. The number of benzene rings is 1. The zero-order valence-electron chi connectivity index (χ0n) is 9.50. The van der Waals surface area contributed by atoms with Crippen LogP contribution in [0.3, 0.4) is 0 Å². The minimum Gasteiger partial charge on any atom is -0.370 e. The van der Waals surface area contributed by atoms with Crippen LogP contribution in [0, 0.1) is 11.3 Å². The van der Waals surface area contributed by atoms with E-state index >= 15 is 0 Å². The molecule has 5 heteroatoms. The number of hydrogen-bond acceptors (Lipinski definition) is 3. The van der Waals surface area contributed by atoms with E-state index < -0.39 is 0 Å². The lowest BCUT2D eigenvalue weighted by Crippen LogP contribution is -2.39. The summed E-state index contributed by atoms with van der Waals surface area (Å²) in [5, 5.41) is 9.00. The molecule has 0 radical (unpaired) electrons. The number of rotatable bonds is 1. The zero-order valence-corrected chi connectivity index (χ0v) is 11.1. The van der Waals surface area contributed by atoms with E-state index in [-0.39, 0.29) is 24.8 Å². The number of para-hydroxylation sites is 1. The largest absolute Gasteiger partial charge is 0.370 e. The number of piperidine rings is 1. The monoisotopic (exact) mass is 273 g/mol. The molecule has 1 aliphatic heterocycles. The molecule has 2 rings (SSSR count). The predicted octanol–water partition coefficient (Wildman–Crippen LogP) is 2.33. The first-order valence-electron chi connectivity index (χ1n) is 5.31. The quantitative estimate of drug-likeness (QED) is 0.855. The molecule has 2 N–H and O–H groups in total. The maximum absolute atomic E-state index is 9.00.